The Kier molecular flexibility index (Phi) is 8.39. The predicted octanol–water partition coefficient (Wildman–Crippen LogP) is 6.01. The van der Waals surface area contributed by atoms with Crippen LogP contribution in [0.25, 0.3) is 0 Å². The molecule has 0 aromatic heterocycles. The van der Waals surface area contributed by atoms with E-state index in [0.29, 0.717) is 31.0 Å². The molecule has 1 spiro atoms. The summed E-state index contributed by atoms with van der Waals surface area (Å²) in [4.78, 5) is 31.1. The van der Waals surface area contributed by atoms with Gasteiger partial charge in [0.1, 0.15) is 5.75 Å². The Morgan fingerprint density at radius 3 is 2.55 bits per heavy atom. The number of hydrogen-bond acceptors (Lipinski definition) is 5. The molecule has 44 heavy (non-hydrogen) atoms. The molecule has 9 heteroatoms. The first-order valence-electron chi connectivity index (χ1n) is 15.6. The second-order valence-electron chi connectivity index (χ2n) is 12.9. The topological polar surface area (TPSA) is 79.3 Å². The third-order valence-corrected chi connectivity index (χ3v) is 14.7. The summed E-state index contributed by atoms with van der Waals surface area (Å²) in [7, 11) is -0.604. The monoisotopic (exact) mass is 632 g/mol. The van der Waals surface area contributed by atoms with Gasteiger partial charge in [-0.3, -0.25) is 9.59 Å². The van der Waals surface area contributed by atoms with E-state index < -0.39 is 13.7 Å². The lowest BCUT2D eigenvalue weighted by atomic mass is 9.82. The first-order chi connectivity index (χ1) is 21.1. The number of anilines is 2. The Bertz CT molecular complexity index is 1560. The average molecular weight is 633 g/mol. The third kappa shape index (κ3) is 5.06. The lowest BCUT2D eigenvalue weighted by molar-refractivity contribution is -0.146. The lowest BCUT2D eigenvalue weighted by Gasteiger charge is -2.37. The Labute approximate surface area is 265 Å². The standard InChI is InChI=1S/C35H41ClN2O5Si/c1-23-33(44(3,4)28-14-12-27(42-2)13-15-28)31(17-19-39)43-35(23)29-21-25(36)11-16-30(29)38(34(35)41)22-24-8-7-9-26(20-24)37-18-6-5-10-32(37)40/h7-9,11-16,20-21,23,31,33,39H,5-6,10,17-19,22H2,1-4H3/t23-,31+,33-,35+/m0/s1. The van der Waals surface area contributed by atoms with Gasteiger partial charge in [0.05, 0.1) is 33.5 Å². The van der Waals surface area contributed by atoms with Crippen LogP contribution in [0.3, 0.4) is 0 Å². The van der Waals surface area contributed by atoms with Crippen LogP contribution in [0, 0.1) is 5.92 Å². The van der Waals surface area contributed by atoms with Gasteiger partial charge in [-0.25, -0.2) is 0 Å². The second kappa shape index (κ2) is 12.0. The van der Waals surface area contributed by atoms with Crippen molar-refractivity contribution in [3.8, 4) is 5.75 Å². The summed E-state index contributed by atoms with van der Waals surface area (Å²) in [6, 6.07) is 21.8. The fourth-order valence-corrected chi connectivity index (χ4v) is 12.2. The second-order valence-corrected chi connectivity index (χ2v) is 18.0. The van der Waals surface area contributed by atoms with Crippen LogP contribution in [0.1, 0.15) is 43.7 Å². The number of aliphatic hydroxyl groups excluding tert-OH is 1. The summed E-state index contributed by atoms with van der Waals surface area (Å²) in [5, 5.41) is 11.9. The van der Waals surface area contributed by atoms with Crippen LogP contribution in [0.4, 0.5) is 11.4 Å². The van der Waals surface area contributed by atoms with Crippen molar-refractivity contribution in [2.45, 2.75) is 69.5 Å². The predicted molar refractivity (Wildman–Crippen MR) is 177 cm³/mol. The molecule has 0 radical (unpaired) electrons. The van der Waals surface area contributed by atoms with E-state index >= 15 is 0 Å². The molecular weight excluding hydrogens is 592 g/mol. The van der Waals surface area contributed by atoms with Gasteiger partial charge in [0.15, 0.2) is 5.60 Å². The van der Waals surface area contributed by atoms with Crippen molar-refractivity contribution in [1.29, 1.82) is 0 Å². The Hall–Kier alpha value is -3.17. The molecular formula is C35H41ClN2O5Si. The van der Waals surface area contributed by atoms with Gasteiger partial charge in [-0.15, -0.1) is 0 Å². The molecule has 2 amide bonds. The average Bonchev–Trinajstić information content (AvgIpc) is 3.44. The smallest absolute Gasteiger partial charge is 0.264 e. The molecule has 2 saturated heterocycles. The molecule has 232 valence electrons. The van der Waals surface area contributed by atoms with E-state index in [-0.39, 0.29) is 36.0 Å². The van der Waals surface area contributed by atoms with Crippen molar-refractivity contribution in [2.75, 3.05) is 30.1 Å². The maximum Gasteiger partial charge on any atom is 0.264 e. The summed E-state index contributed by atoms with van der Waals surface area (Å²) in [6.07, 6.45) is 2.61. The molecule has 0 unspecified atom stereocenters. The van der Waals surface area contributed by atoms with E-state index in [2.05, 4.69) is 32.2 Å². The van der Waals surface area contributed by atoms with Gasteiger partial charge in [0.25, 0.3) is 5.91 Å². The highest BCUT2D eigenvalue weighted by Crippen LogP contribution is 2.60. The van der Waals surface area contributed by atoms with Gasteiger partial charge in [0.2, 0.25) is 5.91 Å². The summed E-state index contributed by atoms with van der Waals surface area (Å²) < 4.78 is 12.4. The maximum atomic E-state index is 14.8. The first-order valence-corrected chi connectivity index (χ1v) is 19.0. The van der Waals surface area contributed by atoms with Crippen molar-refractivity contribution >= 4 is 48.1 Å². The van der Waals surface area contributed by atoms with Crippen molar-refractivity contribution in [1.82, 2.24) is 0 Å². The summed E-state index contributed by atoms with van der Waals surface area (Å²) in [6.45, 7) is 7.81. The molecule has 6 rings (SSSR count). The zero-order chi connectivity index (χ0) is 31.2. The minimum absolute atomic E-state index is 0.0284. The zero-order valence-electron chi connectivity index (χ0n) is 25.9. The molecule has 3 aromatic rings. The number of hydrogen-bond donors (Lipinski definition) is 1. The van der Waals surface area contributed by atoms with Gasteiger partial charge < -0.3 is 24.4 Å². The first kappa shape index (κ1) is 30.8. The van der Waals surface area contributed by atoms with Crippen LogP contribution in [-0.4, -0.2) is 51.4 Å². The highest BCUT2D eigenvalue weighted by atomic mass is 35.5. The number of halogens is 1. The third-order valence-electron chi connectivity index (χ3n) is 10.1. The van der Waals surface area contributed by atoms with Crippen molar-refractivity contribution in [3.05, 3.63) is 82.9 Å². The molecule has 0 aliphatic carbocycles. The van der Waals surface area contributed by atoms with E-state index in [1.165, 1.54) is 5.19 Å². The van der Waals surface area contributed by atoms with Gasteiger partial charge in [-0.05, 0) is 72.8 Å². The van der Waals surface area contributed by atoms with Crippen LogP contribution in [-0.2, 0) is 26.5 Å². The SMILES string of the molecule is COc1ccc([Si](C)(C)[C@@H]2[C@@H](CCO)O[C@]3(C(=O)N(Cc4cccc(N5CCCCC5=O)c4)c4ccc(Cl)cc43)[C@H]2C)cc1. The molecule has 0 saturated carbocycles. The van der Waals surface area contributed by atoms with Gasteiger partial charge in [-0.2, -0.15) is 0 Å². The zero-order valence-corrected chi connectivity index (χ0v) is 27.6. The van der Waals surface area contributed by atoms with E-state index in [1.54, 1.807) is 7.11 Å². The number of carbonyl (C=O) groups excluding carboxylic acids is 2. The minimum atomic E-state index is -2.27. The van der Waals surface area contributed by atoms with Gasteiger partial charge in [0, 0.05) is 41.8 Å². The van der Waals surface area contributed by atoms with Crippen molar-refractivity contribution in [3.63, 3.8) is 0 Å². The van der Waals surface area contributed by atoms with Crippen molar-refractivity contribution < 1.29 is 24.2 Å². The normalized spacial score (nSPS) is 25.2. The fraction of sp³-hybridized carbons (Fsp3) is 0.429. The van der Waals surface area contributed by atoms with E-state index in [0.717, 1.165) is 41.1 Å². The molecule has 0 bridgehead atoms. The number of methoxy groups -OCH3 is 1. The molecule has 3 aliphatic rings. The van der Waals surface area contributed by atoms with Crippen LogP contribution >= 0.6 is 11.6 Å². The summed E-state index contributed by atoms with van der Waals surface area (Å²) in [5.74, 6) is 0.667. The number of benzene rings is 3. The molecule has 1 N–H and O–H groups in total. The molecule has 3 aromatic carbocycles. The number of rotatable bonds is 8. The van der Waals surface area contributed by atoms with Gasteiger partial charge in [-0.1, -0.05) is 61.1 Å². The maximum absolute atomic E-state index is 14.8. The largest absolute Gasteiger partial charge is 0.497 e. The van der Waals surface area contributed by atoms with Crippen LogP contribution < -0.4 is 19.7 Å². The minimum Gasteiger partial charge on any atom is -0.497 e. The van der Waals surface area contributed by atoms with E-state index in [9.17, 15) is 14.7 Å². The number of ether oxygens (including phenoxy) is 2. The molecule has 3 heterocycles. The van der Waals surface area contributed by atoms with Crippen LogP contribution in [0.5, 0.6) is 5.75 Å². The molecule has 2 fully saturated rings. The number of nitrogens with zero attached hydrogens (tertiary/aromatic N) is 2. The fourth-order valence-electron chi connectivity index (χ4n) is 7.92. The highest BCUT2D eigenvalue weighted by molar-refractivity contribution is 6.91. The Balaban J connectivity index is 1.39. The highest BCUT2D eigenvalue weighted by Gasteiger charge is 2.66. The van der Waals surface area contributed by atoms with Crippen LogP contribution in [0.2, 0.25) is 23.7 Å². The number of amides is 2. The van der Waals surface area contributed by atoms with E-state index in [1.807, 2.05) is 64.4 Å². The quantitative estimate of drug-likeness (QED) is 0.308. The summed E-state index contributed by atoms with van der Waals surface area (Å²) >= 11 is 6.59. The van der Waals surface area contributed by atoms with Crippen molar-refractivity contribution in [2.24, 2.45) is 5.92 Å². The van der Waals surface area contributed by atoms with E-state index in [4.69, 9.17) is 21.1 Å². The molecule has 4 atom stereocenters. The van der Waals surface area contributed by atoms with Gasteiger partial charge >= 0.3 is 0 Å². The molecule has 7 nitrogen and oxygen atoms in total. The van der Waals surface area contributed by atoms with Crippen LogP contribution in [0.15, 0.2) is 66.7 Å². The molecule has 3 aliphatic heterocycles. The Morgan fingerprint density at radius 2 is 1.84 bits per heavy atom. The lowest BCUT2D eigenvalue weighted by Crippen LogP contribution is -2.51. The number of piperidine rings is 1. The Morgan fingerprint density at radius 1 is 1.07 bits per heavy atom. The number of carbonyl (C=O) groups is 2. The number of fused-ring (bicyclic) bond motifs is 2. The summed E-state index contributed by atoms with van der Waals surface area (Å²) in [5.41, 5.74) is 2.21. The number of aliphatic hydroxyl groups is 1.